The molecule has 0 saturated carbocycles. The van der Waals surface area contributed by atoms with Crippen molar-refractivity contribution in [3.05, 3.63) is 58.6 Å². The van der Waals surface area contributed by atoms with Gasteiger partial charge in [0.05, 0.1) is 18.1 Å². The monoisotopic (exact) mass is 398 g/mol. The zero-order valence-electron chi connectivity index (χ0n) is 16.3. The van der Waals surface area contributed by atoms with E-state index >= 15 is 0 Å². The second-order valence-electron chi connectivity index (χ2n) is 7.67. The average Bonchev–Trinajstić information content (AvgIpc) is 3.27. The molecule has 0 unspecified atom stereocenters. The lowest BCUT2D eigenvalue weighted by Crippen LogP contribution is -2.44. The molecule has 3 aromatic rings. The van der Waals surface area contributed by atoms with Gasteiger partial charge in [0.25, 0.3) is 5.91 Å². The van der Waals surface area contributed by atoms with Crippen molar-refractivity contribution in [2.45, 2.75) is 32.1 Å². The minimum atomic E-state index is -0.0687. The topological polar surface area (TPSA) is 68.8 Å². The van der Waals surface area contributed by atoms with Crippen molar-refractivity contribution in [3.8, 4) is 5.69 Å². The fourth-order valence-corrected chi connectivity index (χ4v) is 3.99. The summed E-state index contributed by atoms with van der Waals surface area (Å²) in [5, 5.41) is 13.2. The van der Waals surface area contributed by atoms with Crippen LogP contribution in [0.2, 0.25) is 5.02 Å². The van der Waals surface area contributed by atoms with Gasteiger partial charge in [0, 0.05) is 25.2 Å². The SMILES string of the molecule is Cc1c(C(=O)N2CCC(C)(c3cccc(Cl)c3)CC2)nnn1-c1cnn(C)c1. The lowest BCUT2D eigenvalue weighted by molar-refractivity contribution is 0.0669. The Kier molecular flexibility index (Phi) is 4.71. The minimum absolute atomic E-state index is 0.0179. The van der Waals surface area contributed by atoms with E-state index in [0.717, 1.165) is 29.2 Å². The molecule has 28 heavy (non-hydrogen) atoms. The molecule has 0 N–H and O–H groups in total. The molecule has 0 spiro atoms. The standard InChI is InChI=1S/C20H23ClN6O/c1-14-18(23-24-27(14)17-12-22-25(3)13-17)19(28)26-9-7-20(2,8-10-26)15-5-4-6-16(21)11-15/h4-6,11-13H,7-10H2,1-3H3. The van der Waals surface area contributed by atoms with E-state index in [0.29, 0.717) is 18.8 Å². The summed E-state index contributed by atoms with van der Waals surface area (Å²) in [7, 11) is 1.84. The number of benzene rings is 1. The molecule has 2 aromatic heterocycles. The molecule has 1 aromatic carbocycles. The third-order valence-corrected chi connectivity index (χ3v) is 5.94. The number of aryl methyl sites for hydroxylation is 1. The predicted octanol–water partition coefficient (Wildman–Crippen LogP) is 3.16. The Morgan fingerprint density at radius 1 is 1.25 bits per heavy atom. The van der Waals surface area contributed by atoms with Crippen LogP contribution >= 0.6 is 11.6 Å². The average molecular weight is 399 g/mol. The van der Waals surface area contributed by atoms with Crippen LogP contribution in [0, 0.1) is 6.92 Å². The number of rotatable bonds is 3. The zero-order chi connectivity index (χ0) is 19.9. The summed E-state index contributed by atoms with van der Waals surface area (Å²) in [6, 6.07) is 8.03. The van der Waals surface area contributed by atoms with Crippen molar-refractivity contribution in [2.75, 3.05) is 13.1 Å². The first-order valence-corrected chi connectivity index (χ1v) is 9.72. The maximum Gasteiger partial charge on any atom is 0.276 e. The van der Waals surface area contributed by atoms with Gasteiger partial charge in [-0.05, 0) is 42.9 Å². The van der Waals surface area contributed by atoms with Crippen LogP contribution in [0.15, 0.2) is 36.7 Å². The first kappa shape index (κ1) is 18.7. The molecular weight excluding hydrogens is 376 g/mol. The molecule has 1 fully saturated rings. The number of likely N-dealkylation sites (tertiary alicyclic amines) is 1. The maximum absolute atomic E-state index is 13.0. The lowest BCUT2D eigenvalue weighted by Gasteiger charge is -2.39. The highest BCUT2D eigenvalue weighted by Crippen LogP contribution is 2.36. The summed E-state index contributed by atoms with van der Waals surface area (Å²) in [6.07, 6.45) is 5.31. The summed E-state index contributed by atoms with van der Waals surface area (Å²) >= 11 is 6.17. The fraction of sp³-hybridized carbons (Fsp3) is 0.400. The molecule has 1 aliphatic heterocycles. The largest absolute Gasteiger partial charge is 0.337 e. The van der Waals surface area contributed by atoms with E-state index in [-0.39, 0.29) is 11.3 Å². The molecule has 0 bridgehead atoms. The number of piperidine rings is 1. The third kappa shape index (κ3) is 3.30. The molecule has 0 aliphatic carbocycles. The van der Waals surface area contributed by atoms with Crippen LogP contribution in [0.5, 0.6) is 0 Å². The summed E-state index contributed by atoms with van der Waals surface area (Å²) in [4.78, 5) is 14.9. The normalized spacial score (nSPS) is 16.4. The van der Waals surface area contributed by atoms with E-state index in [2.05, 4.69) is 28.4 Å². The van der Waals surface area contributed by atoms with Crippen LogP contribution in [0.3, 0.4) is 0 Å². The first-order valence-electron chi connectivity index (χ1n) is 9.34. The van der Waals surface area contributed by atoms with Crippen molar-refractivity contribution in [1.82, 2.24) is 29.7 Å². The summed E-state index contributed by atoms with van der Waals surface area (Å²) in [6.45, 7) is 5.47. The van der Waals surface area contributed by atoms with Crippen LogP contribution in [-0.4, -0.2) is 48.7 Å². The summed E-state index contributed by atoms with van der Waals surface area (Å²) in [5.74, 6) is -0.0687. The molecule has 1 saturated heterocycles. The Morgan fingerprint density at radius 2 is 2.00 bits per heavy atom. The Balaban J connectivity index is 1.50. The molecule has 0 radical (unpaired) electrons. The highest BCUT2D eigenvalue weighted by molar-refractivity contribution is 6.30. The molecule has 1 amide bonds. The van der Waals surface area contributed by atoms with Gasteiger partial charge >= 0.3 is 0 Å². The lowest BCUT2D eigenvalue weighted by atomic mass is 9.74. The van der Waals surface area contributed by atoms with Gasteiger partial charge in [-0.3, -0.25) is 9.48 Å². The molecule has 0 atom stereocenters. The van der Waals surface area contributed by atoms with E-state index in [1.54, 1.807) is 15.6 Å². The van der Waals surface area contributed by atoms with Gasteiger partial charge in [0.15, 0.2) is 5.69 Å². The Bertz CT molecular complexity index is 1020. The van der Waals surface area contributed by atoms with Crippen LogP contribution < -0.4 is 0 Å². The van der Waals surface area contributed by atoms with Gasteiger partial charge in [-0.1, -0.05) is 35.9 Å². The number of carbonyl (C=O) groups is 1. The maximum atomic E-state index is 13.0. The number of halogens is 1. The highest BCUT2D eigenvalue weighted by Gasteiger charge is 2.35. The summed E-state index contributed by atoms with van der Waals surface area (Å²) < 4.78 is 3.35. The zero-order valence-corrected chi connectivity index (χ0v) is 17.0. The Labute approximate surface area is 168 Å². The van der Waals surface area contributed by atoms with E-state index in [1.165, 1.54) is 5.56 Å². The first-order chi connectivity index (χ1) is 13.4. The van der Waals surface area contributed by atoms with E-state index in [9.17, 15) is 4.79 Å². The minimum Gasteiger partial charge on any atom is -0.337 e. The Hall–Kier alpha value is -2.67. The molecule has 1 aliphatic rings. The van der Waals surface area contributed by atoms with Crippen LogP contribution in [-0.2, 0) is 12.5 Å². The number of aromatic nitrogens is 5. The van der Waals surface area contributed by atoms with Gasteiger partial charge in [-0.25, -0.2) is 4.68 Å². The van der Waals surface area contributed by atoms with Crippen LogP contribution in [0.4, 0.5) is 0 Å². The molecule has 146 valence electrons. The van der Waals surface area contributed by atoms with Gasteiger partial charge in [0.2, 0.25) is 0 Å². The molecule has 8 heteroatoms. The van der Waals surface area contributed by atoms with Crippen LogP contribution in [0.1, 0.15) is 41.5 Å². The second kappa shape index (κ2) is 7.05. The van der Waals surface area contributed by atoms with Crippen molar-refractivity contribution in [1.29, 1.82) is 0 Å². The number of hydrogen-bond acceptors (Lipinski definition) is 4. The quantitative estimate of drug-likeness (QED) is 0.679. The molecular formula is C20H23ClN6O. The van der Waals surface area contributed by atoms with Gasteiger partial charge in [-0.15, -0.1) is 5.10 Å². The molecule has 3 heterocycles. The second-order valence-corrected chi connectivity index (χ2v) is 8.11. The predicted molar refractivity (Wildman–Crippen MR) is 107 cm³/mol. The van der Waals surface area contributed by atoms with Gasteiger partial charge in [-0.2, -0.15) is 5.10 Å². The van der Waals surface area contributed by atoms with E-state index in [4.69, 9.17) is 11.6 Å². The van der Waals surface area contributed by atoms with E-state index in [1.807, 2.05) is 43.3 Å². The molecule has 7 nitrogen and oxygen atoms in total. The van der Waals surface area contributed by atoms with Crippen LogP contribution in [0.25, 0.3) is 5.69 Å². The smallest absolute Gasteiger partial charge is 0.276 e. The van der Waals surface area contributed by atoms with Gasteiger partial charge < -0.3 is 4.90 Å². The van der Waals surface area contributed by atoms with Crippen molar-refractivity contribution in [2.24, 2.45) is 7.05 Å². The Morgan fingerprint density at radius 3 is 2.64 bits per heavy atom. The van der Waals surface area contributed by atoms with Crippen molar-refractivity contribution in [3.63, 3.8) is 0 Å². The number of hydrogen-bond donors (Lipinski definition) is 0. The van der Waals surface area contributed by atoms with Crippen molar-refractivity contribution >= 4 is 17.5 Å². The fourth-order valence-electron chi connectivity index (χ4n) is 3.80. The number of nitrogens with zero attached hydrogens (tertiary/aromatic N) is 6. The molecule has 4 rings (SSSR count). The summed E-state index contributed by atoms with van der Waals surface area (Å²) in [5.41, 5.74) is 3.16. The van der Waals surface area contributed by atoms with Gasteiger partial charge in [0.1, 0.15) is 5.69 Å². The number of carbonyl (C=O) groups excluding carboxylic acids is 1. The highest BCUT2D eigenvalue weighted by atomic mass is 35.5. The number of amides is 1. The van der Waals surface area contributed by atoms with E-state index < -0.39 is 0 Å². The van der Waals surface area contributed by atoms with Crippen molar-refractivity contribution < 1.29 is 4.79 Å². The third-order valence-electron chi connectivity index (χ3n) is 5.71.